The largest absolute Gasteiger partial charge is 0.295 e. The molecule has 0 saturated heterocycles. The highest BCUT2D eigenvalue weighted by molar-refractivity contribution is 8.00. The Hall–Kier alpha value is -1.25. The molecule has 2 atom stereocenters. The van der Waals surface area contributed by atoms with Gasteiger partial charge < -0.3 is 0 Å². The maximum Gasteiger partial charge on any atom is 0.0452 e. The summed E-state index contributed by atoms with van der Waals surface area (Å²) >= 11 is 2.09. The second kappa shape index (κ2) is 7.55. The first kappa shape index (κ1) is 16.6. The van der Waals surface area contributed by atoms with Crippen LogP contribution in [0.4, 0.5) is 0 Å². The highest BCUT2D eigenvalue weighted by Crippen LogP contribution is 2.38. The van der Waals surface area contributed by atoms with Gasteiger partial charge in [0.25, 0.3) is 0 Å². The molecule has 23 heavy (non-hydrogen) atoms. The van der Waals surface area contributed by atoms with Crippen LogP contribution in [0.15, 0.2) is 54.6 Å². The molecule has 1 nitrogen and oxygen atoms in total. The summed E-state index contributed by atoms with van der Waals surface area (Å²) in [5.74, 6) is 0. The van der Waals surface area contributed by atoms with E-state index in [0.717, 1.165) is 6.54 Å². The lowest BCUT2D eigenvalue weighted by Crippen LogP contribution is -2.40. The first-order chi connectivity index (χ1) is 11.1. The summed E-state index contributed by atoms with van der Waals surface area (Å²) in [5, 5.41) is 1.17. The number of nitrogens with zero attached hydrogens (tertiary/aromatic N) is 1. The van der Waals surface area contributed by atoms with E-state index in [2.05, 4.69) is 92.0 Å². The standard InChI is InChI=1S/C21H27NS/c1-16(2)23-21(19-10-5-4-6-11-19)17(3)22-14-13-18-9-7-8-12-20(18)15-22/h4-12,16-17,21H,13-15H2,1-3H3/t17-,21-/m1/s1. The van der Waals surface area contributed by atoms with Gasteiger partial charge in [0.2, 0.25) is 0 Å². The quantitative estimate of drug-likeness (QED) is 0.732. The molecule has 1 aliphatic heterocycles. The molecule has 0 saturated carbocycles. The topological polar surface area (TPSA) is 3.24 Å². The number of fused-ring (bicyclic) bond motifs is 1. The minimum Gasteiger partial charge on any atom is -0.295 e. The van der Waals surface area contributed by atoms with Gasteiger partial charge in [0.1, 0.15) is 0 Å². The maximum absolute atomic E-state index is 2.66. The molecule has 0 unspecified atom stereocenters. The third-order valence-electron chi connectivity index (χ3n) is 4.72. The van der Waals surface area contributed by atoms with Gasteiger partial charge in [0.15, 0.2) is 0 Å². The summed E-state index contributed by atoms with van der Waals surface area (Å²) in [6, 6.07) is 20.5. The highest BCUT2D eigenvalue weighted by atomic mass is 32.2. The van der Waals surface area contributed by atoms with E-state index in [1.165, 1.54) is 29.7 Å². The van der Waals surface area contributed by atoms with Crippen molar-refractivity contribution in [3.63, 3.8) is 0 Å². The minimum absolute atomic E-state index is 0.529. The van der Waals surface area contributed by atoms with Crippen molar-refractivity contribution < 1.29 is 0 Å². The summed E-state index contributed by atoms with van der Waals surface area (Å²) in [4.78, 5) is 2.66. The van der Waals surface area contributed by atoms with Crippen molar-refractivity contribution in [1.29, 1.82) is 0 Å². The van der Waals surface area contributed by atoms with Crippen LogP contribution in [-0.2, 0) is 13.0 Å². The molecule has 0 aliphatic carbocycles. The normalized spacial score (nSPS) is 17.7. The van der Waals surface area contributed by atoms with Crippen LogP contribution in [0.3, 0.4) is 0 Å². The molecule has 1 heterocycles. The Bertz CT molecular complexity index is 623. The van der Waals surface area contributed by atoms with Crippen LogP contribution in [0, 0.1) is 0 Å². The van der Waals surface area contributed by atoms with Crippen molar-refractivity contribution in [1.82, 2.24) is 4.90 Å². The van der Waals surface area contributed by atoms with Crippen molar-refractivity contribution in [2.45, 2.75) is 50.3 Å². The molecule has 0 spiro atoms. The van der Waals surface area contributed by atoms with Crippen LogP contribution in [0.5, 0.6) is 0 Å². The van der Waals surface area contributed by atoms with E-state index in [1.807, 2.05) is 0 Å². The first-order valence-corrected chi connectivity index (χ1v) is 9.60. The molecule has 2 aromatic rings. The van der Waals surface area contributed by atoms with Gasteiger partial charge in [-0.15, -0.1) is 11.8 Å². The van der Waals surface area contributed by atoms with Crippen molar-refractivity contribution in [2.75, 3.05) is 6.54 Å². The molecule has 0 amide bonds. The van der Waals surface area contributed by atoms with E-state index >= 15 is 0 Å². The van der Waals surface area contributed by atoms with Crippen molar-refractivity contribution in [3.05, 3.63) is 71.3 Å². The van der Waals surface area contributed by atoms with E-state index in [4.69, 9.17) is 0 Å². The summed E-state index contributed by atoms with van der Waals surface area (Å²) in [7, 11) is 0. The van der Waals surface area contributed by atoms with Crippen LogP contribution in [0.1, 0.15) is 42.7 Å². The SMILES string of the molecule is CC(C)S[C@@H](c1ccccc1)[C@@H](C)N1CCc2ccccc2C1. The van der Waals surface area contributed by atoms with Crippen LogP contribution >= 0.6 is 11.8 Å². The maximum atomic E-state index is 2.66. The second-order valence-corrected chi connectivity index (χ2v) is 8.47. The number of benzene rings is 2. The van der Waals surface area contributed by atoms with Crippen LogP contribution in [-0.4, -0.2) is 22.7 Å². The third kappa shape index (κ3) is 3.99. The fourth-order valence-corrected chi connectivity index (χ4v) is 4.76. The van der Waals surface area contributed by atoms with Crippen LogP contribution in [0.2, 0.25) is 0 Å². The van der Waals surface area contributed by atoms with Gasteiger partial charge >= 0.3 is 0 Å². The zero-order chi connectivity index (χ0) is 16.2. The lowest BCUT2D eigenvalue weighted by Gasteiger charge is -2.38. The molecule has 2 heteroatoms. The molecule has 0 aromatic heterocycles. The molecule has 0 radical (unpaired) electrons. The highest BCUT2D eigenvalue weighted by Gasteiger charge is 2.28. The van der Waals surface area contributed by atoms with Gasteiger partial charge in [-0.1, -0.05) is 68.4 Å². The van der Waals surface area contributed by atoms with E-state index in [9.17, 15) is 0 Å². The fraction of sp³-hybridized carbons (Fsp3) is 0.429. The van der Waals surface area contributed by atoms with Gasteiger partial charge in [-0.2, -0.15) is 0 Å². The number of hydrogen-bond acceptors (Lipinski definition) is 2. The summed E-state index contributed by atoms with van der Waals surface area (Å²) < 4.78 is 0. The first-order valence-electron chi connectivity index (χ1n) is 8.66. The zero-order valence-electron chi connectivity index (χ0n) is 14.4. The Morgan fingerprint density at radius 3 is 2.22 bits per heavy atom. The molecular weight excluding hydrogens is 298 g/mol. The fourth-order valence-electron chi connectivity index (χ4n) is 3.46. The average molecular weight is 326 g/mol. The molecule has 1 aliphatic rings. The Balaban J connectivity index is 1.80. The lowest BCUT2D eigenvalue weighted by molar-refractivity contribution is 0.187. The molecule has 0 N–H and O–H groups in total. The van der Waals surface area contributed by atoms with Crippen molar-refractivity contribution in [2.24, 2.45) is 0 Å². The predicted octanol–water partition coefficient (Wildman–Crippen LogP) is 5.32. The summed E-state index contributed by atoms with van der Waals surface area (Å²) in [6.45, 7) is 9.26. The Labute approximate surface area is 145 Å². The van der Waals surface area contributed by atoms with Gasteiger partial charge in [-0.05, 0) is 35.3 Å². The van der Waals surface area contributed by atoms with Crippen molar-refractivity contribution in [3.8, 4) is 0 Å². The number of thioether (sulfide) groups is 1. The molecular formula is C21H27NS. The predicted molar refractivity (Wildman–Crippen MR) is 102 cm³/mol. The second-order valence-electron chi connectivity index (χ2n) is 6.75. The molecule has 0 fully saturated rings. The molecule has 122 valence electrons. The van der Waals surface area contributed by atoms with E-state index in [1.54, 1.807) is 0 Å². The average Bonchev–Trinajstić information content (AvgIpc) is 2.59. The molecule has 0 bridgehead atoms. The third-order valence-corrected chi connectivity index (χ3v) is 6.22. The van der Waals surface area contributed by atoms with E-state index in [0.29, 0.717) is 16.5 Å². The van der Waals surface area contributed by atoms with E-state index < -0.39 is 0 Å². The zero-order valence-corrected chi connectivity index (χ0v) is 15.2. The van der Waals surface area contributed by atoms with Crippen LogP contribution < -0.4 is 0 Å². The monoisotopic (exact) mass is 325 g/mol. The van der Waals surface area contributed by atoms with Gasteiger partial charge in [0.05, 0.1) is 0 Å². The summed E-state index contributed by atoms with van der Waals surface area (Å²) in [5.41, 5.74) is 4.49. The van der Waals surface area contributed by atoms with Gasteiger partial charge in [0, 0.05) is 24.4 Å². The van der Waals surface area contributed by atoms with Gasteiger partial charge in [-0.25, -0.2) is 0 Å². The number of rotatable bonds is 5. The Morgan fingerprint density at radius 1 is 0.870 bits per heavy atom. The molecule has 3 rings (SSSR count). The smallest absolute Gasteiger partial charge is 0.0452 e. The lowest BCUT2D eigenvalue weighted by atomic mass is 9.97. The summed E-state index contributed by atoms with van der Waals surface area (Å²) in [6.07, 6.45) is 1.17. The van der Waals surface area contributed by atoms with Crippen molar-refractivity contribution >= 4 is 11.8 Å². The Kier molecular flexibility index (Phi) is 5.45. The van der Waals surface area contributed by atoms with Gasteiger partial charge in [-0.3, -0.25) is 4.90 Å². The van der Waals surface area contributed by atoms with Crippen LogP contribution in [0.25, 0.3) is 0 Å². The molecule has 2 aromatic carbocycles. The number of hydrogen-bond donors (Lipinski definition) is 0. The Morgan fingerprint density at radius 2 is 1.52 bits per heavy atom. The van der Waals surface area contributed by atoms with E-state index in [-0.39, 0.29) is 0 Å². The minimum atomic E-state index is 0.529.